The molecule has 0 saturated heterocycles. The molecule has 1 aromatic heterocycles. The van der Waals surface area contributed by atoms with Gasteiger partial charge in [-0.1, -0.05) is 13.8 Å². The van der Waals surface area contributed by atoms with Crippen molar-refractivity contribution < 1.29 is 14.3 Å². The van der Waals surface area contributed by atoms with Gasteiger partial charge in [0.15, 0.2) is 0 Å². The van der Waals surface area contributed by atoms with Crippen molar-refractivity contribution in [2.75, 3.05) is 11.9 Å². The van der Waals surface area contributed by atoms with Crippen LogP contribution in [0.25, 0.3) is 0 Å². The minimum absolute atomic E-state index is 0.220. The maximum atomic E-state index is 12.3. The lowest BCUT2D eigenvalue weighted by atomic mass is 9.88. The summed E-state index contributed by atoms with van der Waals surface area (Å²) >= 11 is 1.44. The van der Waals surface area contributed by atoms with E-state index in [0.29, 0.717) is 23.1 Å². The topological polar surface area (TPSA) is 79.2 Å². The summed E-state index contributed by atoms with van der Waals surface area (Å²) in [7, 11) is 0. The molecule has 0 radical (unpaired) electrons. The predicted molar refractivity (Wildman–Crippen MR) is 84.9 cm³/mol. The van der Waals surface area contributed by atoms with Gasteiger partial charge in [0, 0.05) is 4.88 Å². The van der Waals surface area contributed by atoms with Crippen LogP contribution in [-0.2, 0) is 22.4 Å². The van der Waals surface area contributed by atoms with Crippen molar-refractivity contribution >= 4 is 28.2 Å². The molecule has 1 N–H and O–H groups in total. The molecule has 6 heteroatoms. The van der Waals surface area contributed by atoms with E-state index in [9.17, 15) is 9.59 Å². The van der Waals surface area contributed by atoms with Crippen molar-refractivity contribution in [2.45, 2.75) is 46.0 Å². The van der Waals surface area contributed by atoms with Crippen molar-refractivity contribution in [3.05, 3.63) is 16.0 Å². The standard InChI is InChI=1S/C16H20N2O3S/c1-3-8-21-16(20)14-11-5-4-10(2)9-12(11)22-15(14)18-13(19)6-7-17/h10H,3-6,8-9H2,1-2H3,(H,18,19). The van der Waals surface area contributed by atoms with E-state index < -0.39 is 5.91 Å². The number of nitrogens with zero attached hydrogens (tertiary/aromatic N) is 1. The van der Waals surface area contributed by atoms with Crippen LogP contribution in [0.15, 0.2) is 0 Å². The molecule has 1 aliphatic rings. The minimum Gasteiger partial charge on any atom is -0.462 e. The highest BCUT2D eigenvalue weighted by atomic mass is 32.1. The van der Waals surface area contributed by atoms with Crippen LogP contribution in [0.2, 0.25) is 0 Å². The molecular weight excluding hydrogens is 300 g/mol. The van der Waals surface area contributed by atoms with E-state index in [1.807, 2.05) is 13.0 Å². The minimum atomic E-state index is -0.390. The Balaban J connectivity index is 2.32. The van der Waals surface area contributed by atoms with Crippen LogP contribution in [0.1, 0.15) is 53.9 Å². The molecule has 0 fully saturated rings. The number of hydrogen-bond acceptors (Lipinski definition) is 5. The number of hydrogen-bond donors (Lipinski definition) is 1. The Kier molecular flexibility index (Phi) is 5.56. The van der Waals surface area contributed by atoms with Crippen LogP contribution >= 0.6 is 11.3 Å². The molecule has 0 aromatic carbocycles. The third-order valence-corrected chi connectivity index (χ3v) is 4.82. The van der Waals surface area contributed by atoms with Gasteiger partial charge in [0.25, 0.3) is 0 Å². The second-order valence-electron chi connectivity index (χ2n) is 5.57. The molecule has 1 amide bonds. The first-order valence-corrected chi connectivity index (χ1v) is 8.36. The smallest absolute Gasteiger partial charge is 0.341 e. The molecule has 1 atom stereocenters. The summed E-state index contributed by atoms with van der Waals surface area (Å²) in [5.41, 5.74) is 1.50. The monoisotopic (exact) mass is 320 g/mol. The Bertz CT molecular complexity index is 616. The summed E-state index contributed by atoms with van der Waals surface area (Å²) in [6, 6.07) is 1.82. The van der Waals surface area contributed by atoms with Gasteiger partial charge in [0.05, 0.1) is 18.2 Å². The molecule has 1 aromatic rings. The fraction of sp³-hybridized carbons (Fsp3) is 0.562. The normalized spacial score (nSPS) is 16.5. The first kappa shape index (κ1) is 16.5. The lowest BCUT2D eigenvalue weighted by molar-refractivity contribution is -0.115. The summed E-state index contributed by atoms with van der Waals surface area (Å²) in [4.78, 5) is 25.2. The zero-order valence-electron chi connectivity index (χ0n) is 12.9. The Hall–Kier alpha value is -1.87. The Morgan fingerprint density at radius 2 is 2.27 bits per heavy atom. The average molecular weight is 320 g/mol. The lowest BCUT2D eigenvalue weighted by Gasteiger charge is -2.18. The molecule has 2 rings (SSSR count). The number of anilines is 1. The molecule has 22 heavy (non-hydrogen) atoms. The molecule has 1 aliphatic carbocycles. The van der Waals surface area contributed by atoms with Crippen molar-refractivity contribution in [1.29, 1.82) is 5.26 Å². The van der Waals surface area contributed by atoms with Gasteiger partial charge in [-0.15, -0.1) is 11.3 Å². The number of nitrogens with one attached hydrogen (secondary N) is 1. The number of esters is 1. The highest BCUT2D eigenvalue weighted by Gasteiger charge is 2.29. The summed E-state index contributed by atoms with van der Waals surface area (Å²) in [5, 5.41) is 11.8. The van der Waals surface area contributed by atoms with Crippen LogP contribution in [0.5, 0.6) is 0 Å². The van der Waals surface area contributed by atoms with Gasteiger partial charge in [-0.3, -0.25) is 4.79 Å². The van der Waals surface area contributed by atoms with Gasteiger partial charge in [-0.25, -0.2) is 4.79 Å². The number of nitriles is 1. The van der Waals surface area contributed by atoms with E-state index in [1.165, 1.54) is 11.3 Å². The number of carbonyl (C=O) groups is 2. The molecule has 1 unspecified atom stereocenters. The molecule has 0 saturated carbocycles. The van der Waals surface area contributed by atoms with E-state index >= 15 is 0 Å². The van der Waals surface area contributed by atoms with Gasteiger partial charge >= 0.3 is 5.97 Å². The Labute approximate surface area is 134 Å². The van der Waals surface area contributed by atoms with Crippen LogP contribution in [-0.4, -0.2) is 18.5 Å². The van der Waals surface area contributed by atoms with Crippen molar-refractivity contribution in [1.82, 2.24) is 0 Å². The first-order valence-electron chi connectivity index (χ1n) is 7.55. The molecule has 0 aliphatic heterocycles. The molecule has 1 heterocycles. The lowest BCUT2D eigenvalue weighted by Crippen LogP contribution is -2.16. The number of thiophene rings is 1. The first-order chi connectivity index (χ1) is 10.6. The molecular formula is C16H20N2O3S. The van der Waals surface area contributed by atoms with E-state index in [-0.39, 0.29) is 12.4 Å². The highest BCUT2D eigenvalue weighted by molar-refractivity contribution is 7.17. The van der Waals surface area contributed by atoms with Gasteiger partial charge in [0.1, 0.15) is 11.4 Å². The second-order valence-corrected chi connectivity index (χ2v) is 6.68. The van der Waals surface area contributed by atoms with E-state index in [1.54, 1.807) is 0 Å². The van der Waals surface area contributed by atoms with Gasteiger partial charge in [0.2, 0.25) is 5.91 Å². The zero-order valence-corrected chi connectivity index (χ0v) is 13.7. The van der Waals surface area contributed by atoms with Gasteiger partial charge in [-0.2, -0.15) is 5.26 Å². The fourth-order valence-electron chi connectivity index (χ4n) is 2.56. The summed E-state index contributed by atoms with van der Waals surface area (Å²) in [6.07, 6.45) is 3.32. The maximum Gasteiger partial charge on any atom is 0.341 e. The largest absolute Gasteiger partial charge is 0.462 e. The molecule has 118 valence electrons. The van der Waals surface area contributed by atoms with Crippen molar-refractivity contribution in [3.8, 4) is 6.07 Å². The van der Waals surface area contributed by atoms with Crippen LogP contribution in [0.4, 0.5) is 5.00 Å². The number of carbonyl (C=O) groups excluding carboxylic acids is 2. The number of fused-ring (bicyclic) bond motifs is 1. The maximum absolute atomic E-state index is 12.3. The summed E-state index contributed by atoms with van der Waals surface area (Å²) in [6.45, 7) is 4.49. The SMILES string of the molecule is CCCOC(=O)c1c(NC(=O)CC#N)sc2c1CCC(C)C2. The molecule has 0 spiro atoms. The number of rotatable bonds is 5. The van der Waals surface area contributed by atoms with Crippen LogP contribution < -0.4 is 5.32 Å². The third-order valence-electron chi connectivity index (χ3n) is 3.65. The van der Waals surface area contributed by atoms with Crippen LogP contribution in [0.3, 0.4) is 0 Å². The highest BCUT2D eigenvalue weighted by Crippen LogP contribution is 2.40. The molecule has 0 bridgehead atoms. The van der Waals surface area contributed by atoms with Gasteiger partial charge in [-0.05, 0) is 37.2 Å². The van der Waals surface area contributed by atoms with E-state index in [2.05, 4.69) is 12.2 Å². The number of ether oxygens (including phenoxy) is 1. The predicted octanol–water partition coefficient (Wildman–Crippen LogP) is 3.29. The van der Waals surface area contributed by atoms with Crippen molar-refractivity contribution in [3.63, 3.8) is 0 Å². The summed E-state index contributed by atoms with van der Waals surface area (Å²) < 4.78 is 5.26. The average Bonchev–Trinajstić information content (AvgIpc) is 2.81. The Morgan fingerprint density at radius 1 is 1.50 bits per heavy atom. The molecule has 5 nitrogen and oxygen atoms in total. The second kappa shape index (κ2) is 7.41. The van der Waals surface area contributed by atoms with E-state index in [0.717, 1.165) is 36.1 Å². The van der Waals surface area contributed by atoms with Crippen LogP contribution in [0, 0.1) is 17.2 Å². The van der Waals surface area contributed by atoms with Crippen molar-refractivity contribution in [2.24, 2.45) is 5.92 Å². The quantitative estimate of drug-likeness (QED) is 0.844. The van der Waals surface area contributed by atoms with Gasteiger partial charge < -0.3 is 10.1 Å². The third kappa shape index (κ3) is 3.66. The fourth-order valence-corrected chi connectivity index (χ4v) is 3.98. The Morgan fingerprint density at radius 3 is 2.95 bits per heavy atom. The number of amides is 1. The van der Waals surface area contributed by atoms with E-state index in [4.69, 9.17) is 10.00 Å². The zero-order chi connectivity index (χ0) is 16.1. The summed E-state index contributed by atoms with van der Waals surface area (Å²) in [5.74, 6) is -0.187.